The molecule has 7 nitrogen and oxygen atoms in total. The predicted molar refractivity (Wildman–Crippen MR) is 115 cm³/mol. The Bertz CT molecular complexity index is 1140. The van der Waals surface area contributed by atoms with Crippen LogP contribution in [0.3, 0.4) is 0 Å². The minimum atomic E-state index is -2.56. The van der Waals surface area contributed by atoms with Gasteiger partial charge in [-0.15, -0.1) is 0 Å². The first-order chi connectivity index (χ1) is 15.3. The molecule has 0 unspecified atom stereocenters. The Labute approximate surface area is 184 Å². The number of carbonyl (C=O) groups is 1. The Balaban J connectivity index is 1.42. The van der Waals surface area contributed by atoms with Crippen LogP contribution >= 0.6 is 0 Å². The molecule has 5 rings (SSSR count). The normalized spacial score (nSPS) is 22.5. The highest BCUT2D eigenvalue weighted by atomic mass is 19.3. The second-order valence-corrected chi connectivity index (χ2v) is 9.21. The van der Waals surface area contributed by atoms with Crippen molar-refractivity contribution in [3.63, 3.8) is 0 Å². The molecule has 0 N–H and O–H groups in total. The molecule has 3 aromatic rings. The molecular weight excluding hydrogens is 416 g/mol. The summed E-state index contributed by atoms with van der Waals surface area (Å²) >= 11 is 0. The fourth-order valence-electron chi connectivity index (χ4n) is 4.82. The fraction of sp³-hybridized carbons (Fsp3) is 0.565. The molecule has 0 aliphatic heterocycles. The Morgan fingerprint density at radius 2 is 2.00 bits per heavy atom. The van der Waals surface area contributed by atoms with Crippen LogP contribution in [0.1, 0.15) is 57.9 Å². The lowest BCUT2D eigenvalue weighted by atomic mass is 9.92. The zero-order chi connectivity index (χ0) is 22.5. The van der Waals surface area contributed by atoms with Crippen molar-refractivity contribution < 1.29 is 18.3 Å². The third-order valence-electron chi connectivity index (χ3n) is 6.79. The molecule has 0 saturated heterocycles. The molecule has 3 heterocycles. The summed E-state index contributed by atoms with van der Waals surface area (Å²) in [4.78, 5) is 16.5. The Kier molecular flexibility index (Phi) is 5.22. The zero-order valence-corrected chi connectivity index (χ0v) is 18.3. The van der Waals surface area contributed by atoms with Gasteiger partial charge in [0, 0.05) is 56.6 Å². The summed E-state index contributed by atoms with van der Waals surface area (Å²) in [5.41, 5.74) is 2.23. The lowest BCUT2D eigenvalue weighted by Crippen LogP contribution is -2.26. The van der Waals surface area contributed by atoms with E-state index in [9.17, 15) is 13.6 Å². The van der Waals surface area contributed by atoms with Crippen LogP contribution in [0.25, 0.3) is 22.2 Å². The smallest absolute Gasteiger partial charge is 0.248 e. The molecule has 2 saturated carbocycles. The molecule has 2 aliphatic rings. The number of pyridine rings is 1. The molecular formula is C23H27F2N5O2. The molecule has 0 spiro atoms. The van der Waals surface area contributed by atoms with Crippen LogP contribution in [0.5, 0.6) is 5.88 Å². The van der Waals surface area contributed by atoms with Crippen LogP contribution in [0.4, 0.5) is 8.78 Å². The number of aromatic nitrogens is 5. The van der Waals surface area contributed by atoms with Gasteiger partial charge >= 0.3 is 0 Å². The van der Waals surface area contributed by atoms with Gasteiger partial charge in [-0.1, -0.05) is 0 Å². The summed E-state index contributed by atoms with van der Waals surface area (Å²) in [7, 11) is 1.85. The van der Waals surface area contributed by atoms with Gasteiger partial charge in [0.25, 0.3) is 0 Å². The highest BCUT2D eigenvalue weighted by Gasteiger charge is 2.36. The number of halogens is 2. The number of Topliss-reactive ketones (excluding diaryl/α,β-unsaturated/α-hetero) is 1. The first-order valence-electron chi connectivity index (χ1n) is 11.2. The second kappa shape index (κ2) is 7.94. The number of alkyl halides is 2. The number of ether oxygens (including phenoxy) is 1. The summed E-state index contributed by atoms with van der Waals surface area (Å²) in [6, 6.07) is 1.86. The number of hydrogen-bond donors (Lipinski definition) is 0. The van der Waals surface area contributed by atoms with Crippen molar-refractivity contribution in [2.24, 2.45) is 13.0 Å². The molecule has 0 bridgehead atoms. The molecule has 2 atom stereocenters. The van der Waals surface area contributed by atoms with Crippen molar-refractivity contribution in [2.45, 2.75) is 69.9 Å². The Morgan fingerprint density at radius 3 is 2.72 bits per heavy atom. The standard InChI is InChI=1S/C23H27F2N5O2/c1-14(15-3-4-18(31)9-15)32-22-19-13-29(2)28-21(19)10-20(27-22)16-11-26-30(12-16)17-5-7-23(24,25)8-6-17/h10-15,17H,3-9H2,1-2H3/t14-,15+/m1/s1. The second-order valence-electron chi connectivity index (χ2n) is 9.21. The lowest BCUT2D eigenvalue weighted by Gasteiger charge is -2.28. The van der Waals surface area contributed by atoms with E-state index in [-0.39, 0.29) is 36.7 Å². The van der Waals surface area contributed by atoms with E-state index in [1.165, 1.54) is 0 Å². The molecule has 0 amide bonds. The topological polar surface area (TPSA) is 74.8 Å². The van der Waals surface area contributed by atoms with Crippen molar-refractivity contribution in [3.8, 4) is 17.1 Å². The summed E-state index contributed by atoms with van der Waals surface area (Å²) < 4.78 is 36.8. The Morgan fingerprint density at radius 1 is 1.22 bits per heavy atom. The minimum absolute atomic E-state index is 0.0300. The van der Waals surface area contributed by atoms with Gasteiger partial charge < -0.3 is 4.74 Å². The van der Waals surface area contributed by atoms with Crippen LogP contribution in [-0.4, -0.2) is 42.4 Å². The molecule has 0 radical (unpaired) electrons. The zero-order valence-electron chi connectivity index (χ0n) is 18.3. The van der Waals surface area contributed by atoms with Crippen LogP contribution in [-0.2, 0) is 11.8 Å². The third-order valence-corrected chi connectivity index (χ3v) is 6.79. The molecule has 3 aromatic heterocycles. The van der Waals surface area contributed by atoms with Crippen LogP contribution in [0.15, 0.2) is 24.7 Å². The van der Waals surface area contributed by atoms with Gasteiger partial charge in [-0.05, 0) is 32.3 Å². The first-order valence-corrected chi connectivity index (χ1v) is 11.2. The SMILES string of the molecule is C[C@@H](Oc1nc(-c2cnn(C3CCC(F)(F)CC3)c2)cc2nn(C)cc12)[C@H]1CCC(=O)C1. The number of nitrogens with zero attached hydrogens (tertiary/aromatic N) is 5. The van der Waals surface area contributed by atoms with Gasteiger partial charge in [0.1, 0.15) is 11.9 Å². The number of rotatable bonds is 5. The maximum Gasteiger partial charge on any atom is 0.248 e. The molecule has 9 heteroatoms. The van der Waals surface area contributed by atoms with E-state index in [2.05, 4.69) is 10.2 Å². The van der Waals surface area contributed by atoms with Crippen molar-refractivity contribution >= 4 is 16.7 Å². The van der Waals surface area contributed by atoms with Crippen LogP contribution < -0.4 is 4.74 Å². The van der Waals surface area contributed by atoms with Crippen molar-refractivity contribution in [1.29, 1.82) is 0 Å². The molecule has 2 fully saturated rings. The number of ketones is 1. The number of fused-ring (bicyclic) bond motifs is 1. The molecule has 32 heavy (non-hydrogen) atoms. The van der Waals surface area contributed by atoms with Gasteiger partial charge in [-0.2, -0.15) is 10.2 Å². The van der Waals surface area contributed by atoms with Crippen molar-refractivity contribution in [2.75, 3.05) is 0 Å². The maximum absolute atomic E-state index is 13.5. The summed E-state index contributed by atoms with van der Waals surface area (Å²) in [6.45, 7) is 1.98. The average Bonchev–Trinajstić information content (AvgIpc) is 3.47. The van der Waals surface area contributed by atoms with E-state index in [1.54, 1.807) is 15.6 Å². The van der Waals surface area contributed by atoms with Crippen LogP contribution in [0, 0.1) is 5.92 Å². The van der Waals surface area contributed by atoms with Gasteiger partial charge in [0.2, 0.25) is 11.8 Å². The monoisotopic (exact) mass is 443 g/mol. The van der Waals surface area contributed by atoms with E-state index in [0.29, 0.717) is 37.3 Å². The molecule has 170 valence electrons. The summed E-state index contributed by atoms with van der Waals surface area (Å²) in [5.74, 6) is -1.61. The van der Waals surface area contributed by atoms with Gasteiger partial charge in [0.15, 0.2) is 0 Å². The lowest BCUT2D eigenvalue weighted by molar-refractivity contribution is -0.117. The van der Waals surface area contributed by atoms with Gasteiger partial charge in [-0.3, -0.25) is 14.2 Å². The number of carbonyl (C=O) groups excluding carboxylic acids is 1. The highest BCUT2D eigenvalue weighted by Crippen LogP contribution is 2.39. The third kappa shape index (κ3) is 4.12. The molecule has 0 aromatic carbocycles. The van der Waals surface area contributed by atoms with E-state index in [1.807, 2.05) is 32.4 Å². The summed E-state index contributed by atoms with van der Waals surface area (Å²) in [5, 5.41) is 9.77. The van der Waals surface area contributed by atoms with Gasteiger partial charge in [0.05, 0.1) is 28.8 Å². The van der Waals surface area contributed by atoms with Crippen molar-refractivity contribution in [3.05, 3.63) is 24.7 Å². The molecule has 2 aliphatic carbocycles. The van der Waals surface area contributed by atoms with E-state index >= 15 is 0 Å². The largest absolute Gasteiger partial charge is 0.474 e. The number of hydrogen-bond acceptors (Lipinski definition) is 5. The minimum Gasteiger partial charge on any atom is -0.474 e. The maximum atomic E-state index is 13.5. The van der Waals surface area contributed by atoms with E-state index < -0.39 is 5.92 Å². The first kappa shape index (κ1) is 21.0. The fourth-order valence-corrected chi connectivity index (χ4v) is 4.82. The van der Waals surface area contributed by atoms with E-state index in [0.717, 1.165) is 22.9 Å². The number of aryl methyl sites for hydroxylation is 1. The van der Waals surface area contributed by atoms with Crippen molar-refractivity contribution in [1.82, 2.24) is 24.5 Å². The highest BCUT2D eigenvalue weighted by molar-refractivity contribution is 5.86. The quantitative estimate of drug-likeness (QED) is 0.571. The predicted octanol–water partition coefficient (Wildman–Crippen LogP) is 4.72. The Hall–Kier alpha value is -2.84. The van der Waals surface area contributed by atoms with E-state index in [4.69, 9.17) is 9.72 Å². The van der Waals surface area contributed by atoms with Gasteiger partial charge in [-0.25, -0.2) is 13.8 Å². The average molecular weight is 443 g/mol. The summed E-state index contributed by atoms with van der Waals surface area (Å²) in [6.07, 6.45) is 7.92. The van der Waals surface area contributed by atoms with Crippen LogP contribution in [0.2, 0.25) is 0 Å².